The molecule has 3 aromatic carbocycles. The van der Waals surface area contributed by atoms with Crippen molar-refractivity contribution in [1.29, 1.82) is 0 Å². The van der Waals surface area contributed by atoms with Crippen LogP contribution in [-0.4, -0.2) is 22.8 Å². The number of anilines is 1. The smallest absolute Gasteiger partial charge is 0.276 e. The van der Waals surface area contributed by atoms with Crippen molar-refractivity contribution in [1.82, 2.24) is 9.78 Å². The highest BCUT2D eigenvalue weighted by molar-refractivity contribution is 6.02. The molecule has 150 valence electrons. The summed E-state index contributed by atoms with van der Waals surface area (Å²) >= 11 is 0. The maximum atomic E-state index is 12.4. The van der Waals surface area contributed by atoms with E-state index in [4.69, 9.17) is 9.47 Å². The van der Waals surface area contributed by atoms with Crippen molar-refractivity contribution < 1.29 is 14.3 Å². The molecule has 30 heavy (non-hydrogen) atoms. The lowest BCUT2D eigenvalue weighted by molar-refractivity contribution is 0.102. The third-order valence-electron chi connectivity index (χ3n) is 4.53. The lowest BCUT2D eigenvalue weighted by Gasteiger charge is -2.08. The summed E-state index contributed by atoms with van der Waals surface area (Å²) in [4.78, 5) is 12.4. The first-order chi connectivity index (χ1) is 14.7. The van der Waals surface area contributed by atoms with Gasteiger partial charge >= 0.3 is 0 Å². The van der Waals surface area contributed by atoms with Gasteiger partial charge in [0.05, 0.1) is 7.11 Å². The van der Waals surface area contributed by atoms with Crippen LogP contribution in [0.25, 0.3) is 11.1 Å². The molecule has 4 rings (SSSR count). The van der Waals surface area contributed by atoms with Crippen LogP contribution < -0.4 is 14.8 Å². The Kier molecular flexibility index (Phi) is 5.75. The SMILES string of the molecule is COc1cccc(NC(=O)c2ccn(COc3ccc(-c4ccccc4)cc3)n2)c1. The fraction of sp³-hybridized carbons (Fsp3) is 0.0833. The molecule has 0 bridgehead atoms. The summed E-state index contributed by atoms with van der Waals surface area (Å²) in [7, 11) is 1.58. The first-order valence-corrected chi connectivity index (χ1v) is 9.48. The molecule has 1 heterocycles. The van der Waals surface area contributed by atoms with Gasteiger partial charge in [-0.3, -0.25) is 4.79 Å². The molecule has 0 atom stereocenters. The first kappa shape index (κ1) is 19.3. The Labute approximate surface area is 174 Å². The van der Waals surface area contributed by atoms with Crippen LogP contribution in [0.1, 0.15) is 10.5 Å². The Balaban J connectivity index is 1.34. The fourth-order valence-corrected chi connectivity index (χ4v) is 2.97. The zero-order valence-corrected chi connectivity index (χ0v) is 16.5. The van der Waals surface area contributed by atoms with Gasteiger partial charge in [0.2, 0.25) is 0 Å². The molecule has 1 aromatic heterocycles. The molecule has 0 saturated heterocycles. The van der Waals surface area contributed by atoms with E-state index in [9.17, 15) is 4.79 Å². The van der Waals surface area contributed by atoms with Crippen LogP contribution in [0.3, 0.4) is 0 Å². The minimum atomic E-state index is -0.297. The summed E-state index contributed by atoms with van der Waals surface area (Å²) in [5.41, 5.74) is 3.23. The summed E-state index contributed by atoms with van der Waals surface area (Å²) < 4.78 is 12.5. The standard InChI is InChI=1S/C24H21N3O3/c1-29-22-9-5-8-20(16-22)25-24(28)23-14-15-27(26-23)17-30-21-12-10-19(11-13-21)18-6-3-2-4-7-18/h2-16H,17H2,1H3,(H,25,28). The zero-order valence-electron chi connectivity index (χ0n) is 16.5. The predicted octanol–water partition coefficient (Wildman–Crippen LogP) is 4.85. The Morgan fingerprint density at radius 2 is 1.67 bits per heavy atom. The zero-order chi connectivity index (χ0) is 20.8. The van der Waals surface area contributed by atoms with Gasteiger partial charge < -0.3 is 14.8 Å². The van der Waals surface area contributed by atoms with Gasteiger partial charge in [0.15, 0.2) is 12.4 Å². The monoisotopic (exact) mass is 399 g/mol. The maximum Gasteiger partial charge on any atom is 0.276 e. The van der Waals surface area contributed by atoms with Crippen LogP contribution >= 0.6 is 0 Å². The molecule has 0 aliphatic carbocycles. The number of carbonyl (C=O) groups excluding carboxylic acids is 1. The highest BCUT2D eigenvalue weighted by atomic mass is 16.5. The fourth-order valence-electron chi connectivity index (χ4n) is 2.97. The van der Waals surface area contributed by atoms with E-state index in [1.807, 2.05) is 54.6 Å². The molecule has 1 amide bonds. The number of amides is 1. The quantitative estimate of drug-likeness (QED) is 0.483. The number of ether oxygens (including phenoxy) is 2. The van der Waals surface area contributed by atoms with Gasteiger partial charge in [-0.25, -0.2) is 4.68 Å². The molecule has 0 aliphatic rings. The van der Waals surface area contributed by atoms with Gasteiger partial charge in [0.25, 0.3) is 5.91 Å². The van der Waals surface area contributed by atoms with Crippen molar-refractivity contribution in [2.24, 2.45) is 0 Å². The number of rotatable bonds is 7. The van der Waals surface area contributed by atoms with Gasteiger partial charge in [0.1, 0.15) is 11.5 Å². The van der Waals surface area contributed by atoms with Crippen molar-refractivity contribution >= 4 is 11.6 Å². The first-order valence-electron chi connectivity index (χ1n) is 9.48. The molecule has 0 saturated carbocycles. The Morgan fingerprint density at radius 1 is 0.900 bits per heavy atom. The lowest BCUT2D eigenvalue weighted by Crippen LogP contribution is -2.14. The molecule has 0 spiro atoms. The highest BCUT2D eigenvalue weighted by Crippen LogP contribution is 2.22. The number of carbonyl (C=O) groups is 1. The van der Waals surface area contributed by atoms with Gasteiger partial charge in [-0.15, -0.1) is 0 Å². The van der Waals surface area contributed by atoms with E-state index in [-0.39, 0.29) is 12.6 Å². The van der Waals surface area contributed by atoms with Gasteiger partial charge in [0, 0.05) is 18.0 Å². The second kappa shape index (κ2) is 8.96. The molecule has 6 heteroatoms. The summed E-state index contributed by atoms with van der Waals surface area (Å²) in [5.74, 6) is 1.10. The van der Waals surface area contributed by atoms with Crippen LogP contribution in [0, 0.1) is 0 Å². The van der Waals surface area contributed by atoms with Crippen molar-refractivity contribution in [3.63, 3.8) is 0 Å². The van der Waals surface area contributed by atoms with Crippen molar-refractivity contribution in [2.75, 3.05) is 12.4 Å². The highest BCUT2D eigenvalue weighted by Gasteiger charge is 2.10. The van der Waals surface area contributed by atoms with Crippen molar-refractivity contribution in [3.8, 4) is 22.6 Å². The molecule has 0 aliphatic heterocycles. The number of aromatic nitrogens is 2. The molecule has 4 aromatic rings. The van der Waals surface area contributed by atoms with Crippen LogP contribution in [0.2, 0.25) is 0 Å². The molecule has 1 N–H and O–H groups in total. The average Bonchev–Trinajstić information content (AvgIpc) is 3.28. The van der Waals surface area contributed by atoms with Gasteiger partial charge in [-0.05, 0) is 41.5 Å². The molecule has 0 radical (unpaired) electrons. The second-order valence-electron chi connectivity index (χ2n) is 6.59. The number of hydrogen-bond donors (Lipinski definition) is 1. The Morgan fingerprint density at radius 3 is 2.43 bits per heavy atom. The van der Waals surface area contributed by atoms with Crippen LogP contribution in [0.4, 0.5) is 5.69 Å². The van der Waals surface area contributed by atoms with Crippen LogP contribution in [-0.2, 0) is 6.73 Å². The molecule has 6 nitrogen and oxygen atoms in total. The van der Waals surface area contributed by atoms with E-state index in [1.165, 1.54) is 0 Å². The summed E-state index contributed by atoms with van der Waals surface area (Å²) in [6, 6.07) is 26.8. The third-order valence-corrected chi connectivity index (χ3v) is 4.53. The minimum absolute atomic E-state index is 0.205. The molecule has 0 unspecified atom stereocenters. The predicted molar refractivity (Wildman–Crippen MR) is 116 cm³/mol. The van der Waals surface area contributed by atoms with E-state index in [1.54, 1.807) is 36.2 Å². The van der Waals surface area contributed by atoms with Crippen LogP contribution in [0.15, 0.2) is 91.1 Å². The van der Waals surface area contributed by atoms with E-state index in [0.717, 1.165) is 16.9 Å². The number of nitrogens with one attached hydrogen (secondary N) is 1. The largest absolute Gasteiger partial charge is 0.497 e. The van der Waals surface area contributed by atoms with Gasteiger partial charge in [-0.2, -0.15) is 5.10 Å². The summed E-state index contributed by atoms with van der Waals surface area (Å²) in [6.45, 7) is 0.205. The third kappa shape index (κ3) is 4.67. The summed E-state index contributed by atoms with van der Waals surface area (Å²) in [6.07, 6.45) is 1.71. The van der Waals surface area contributed by atoms with Crippen molar-refractivity contribution in [2.45, 2.75) is 6.73 Å². The summed E-state index contributed by atoms with van der Waals surface area (Å²) in [5, 5.41) is 7.08. The molecular formula is C24H21N3O3. The van der Waals surface area contributed by atoms with Gasteiger partial charge in [-0.1, -0.05) is 48.5 Å². The topological polar surface area (TPSA) is 65.4 Å². The van der Waals surface area contributed by atoms with E-state index in [2.05, 4.69) is 22.5 Å². The Hall–Kier alpha value is -4.06. The van der Waals surface area contributed by atoms with Crippen molar-refractivity contribution in [3.05, 3.63) is 96.8 Å². The van der Waals surface area contributed by atoms with E-state index < -0.39 is 0 Å². The normalized spacial score (nSPS) is 10.4. The number of hydrogen-bond acceptors (Lipinski definition) is 4. The molecular weight excluding hydrogens is 378 g/mol. The molecule has 0 fully saturated rings. The van der Waals surface area contributed by atoms with E-state index >= 15 is 0 Å². The van der Waals surface area contributed by atoms with Crippen LogP contribution in [0.5, 0.6) is 11.5 Å². The number of nitrogens with zero attached hydrogens (tertiary/aromatic N) is 2. The number of benzene rings is 3. The lowest BCUT2D eigenvalue weighted by atomic mass is 10.1. The average molecular weight is 399 g/mol. The maximum absolute atomic E-state index is 12.4. The second-order valence-corrected chi connectivity index (χ2v) is 6.59. The number of methoxy groups -OCH3 is 1. The Bertz CT molecular complexity index is 1120. The minimum Gasteiger partial charge on any atom is -0.497 e. The van der Waals surface area contributed by atoms with E-state index in [0.29, 0.717) is 17.1 Å².